The van der Waals surface area contributed by atoms with Crippen molar-refractivity contribution < 1.29 is 0 Å². The molecule has 0 fully saturated rings. The van der Waals surface area contributed by atoms with Crippen LogP contribution >= 0.6 is 27.5 Å². The number of anilines is 2. The van der Waals surface area contributed by atoms with Crippen LogP contribution in [-0.2, 0) is 6.54 Å². The third-order valence-electron chi connectivity index (χ3n) is 3.30. The lowest BCUT2D eigenvalue weighted by atomic mass is 10.2. The lowest BCUT2D eigenvalue weighted by molar-refractivity contribution is 0.959. The fraction of sp³-hybridized carbons (Fsp3) is 0.188. The van der Waals surface area contributed by atoms with Crippen LogP contribution in [0.1, 0.15) is 5.56 Å². The Kier molecular flexibility index (Phi) is 4.85. The molecule has 1 aliphatic rings. The topological polar surface area (TPSA) is 48.5 Å². The molecule has 2 aromatic carbocycles. The van der Waals surface area contributed by atoms with Gasteiger partial charge in [0.15, 0.2) is 5.96 Å². The molecule has 0 saturated heterocycles. The fourth-order valence-electron chi connectivity index (χ4n) is 2.15. The van der Waals surface area contributed by atoms with Gasteiger partial charge in [-0.25, -0.2) is 0 Å². The number of halogens is 2. The molecule has 3 N–H and O–H groups in total. The van der Waals surface area contributed by atoms with Crippen molar-refractivity contribution in [2.75, 3.05) is 23.7 Å². The zero-order valence-corrected chi connectivity index (χ0v) is 14.2. The zero-order chi connectivity index (χ0) is 15.4. The predicted molar refractivity (Wildman–Crippen MR) is 96.8 cm³/mol. The maximum absolute atomic E-state index is 6.23. The van der Waals surface area contributed by atoms with Crippen LogP contribution in [0.5, 0.6) is 0 Å². The van der Waals surface area contributed by atoms with Gasteiger partial charge in [0.05, 0.1) is 17.3 Å². The van der Waals surface area contributed by atoms with Crippen LogP contribution in [0.25, 0.3) is 0 Å². The molecule has 0 spiro atoms. The quantitative estimate of drug-likeness (QED) is 0.750. The van der Waals surface area contributed by atoms with Gasteiger partial charge in [0.25, 0.3) is 0 Å². The molecular weight excluding hydrogens is 364 g/mol. The molecule has 0 radical (unpaired) electrons. The van der Waals surface area contributed by atoms with Crippen LogP contribution in [-0.4, -0.2) is 19.0 Å². The molecule has 4 nitrogen and oxygen atoms in total. The summed E-state index contributed by atoms with van der Waals surface area (Å²) in [6.45, 7) is 2.41. The van der Waals surface area contributed by atoms with Crippen LogP contribution in [0.3, 0.4) is 0 Å². The summed E-state index contributed by atoms with van der Waals surface area (Å²) in [7, 11) is 0. The first-order valence-electron chi connectivity index (χ1n) is 7.04. The number of hydrogen-bond acceptors (Lipinski definition) is 4. The molecular formula is C16H16BrClN4. The normalized spacial score (nSPS) is 13.5. The number of nitrogens with one attached hydrogen (secondary N) is 3. The predicted octanol–water partition coefficient (Wildman–Crippen LogP) is 4.09. The Hall–Kier alpha value is -1.72. The average Bonchev–Trinajstić information content (AvgIpc) is 3.03. The monoisotopic (exact) mass is 378 g/mol. The molecule has 3 rings (SSSR count). The van der Waals surface area contributed by atoms with Crippen LogP contribution in [0.4, 0.5) is 11.4 Å². The van der Waals surface area contributed by atoms with E-state index in [1.807, 2.05) is 30.3 Å². The Morgan fingerprint density at radius 1 is 1.18 bits per heavy atom. The molecule has 0 aromatic heterocycles. The Bertz CT molecular complexity index is 685. The number of hydrogen-bond donors (Lipinski definition) is 3. The average molecular weight is 380 g/mol. The molecule has 6 heteroatoms. The molecule has 1 heterocycles. The summed E-state index contributed by atoms with van der Waals surface area (Å²) in [5.74, 6) is 0.770. The molecule has 1 aliphatic heterocycles. The first-order valence-corrected chi connectivity index (χ1v) is 8.21. The van der Waals surface area contributed by atoms with Gasteiger partial charge >= 0.3 is 0 Å². The van der Waals surface area contributed by atoms with Crippen molar-refractivity contribution in [2.45, 2.75) is 6.54 Å². The SMILES string of the molecule is Clc1ccc(NCc2ccc(Br)cc2)cc1NC1=NCCN1. The second kappa shape index (κ2) is 7.03. The minimum Gasteiger partial charge on any atom is -0.381 e. The van der Waals surface area contributed by atoms with Gasteiger partial charge in [-0.3, -0.25) is 4.99 Å². The maximum atomic E-state index is 6.23. The second-order valence-corrected chi connectivity index (χ2v) is 6.28. The lowest BCUT2D eigenvalue weighted by Crippen LogP contribution is -2.26. The van der Waals surface area contributed by atoms with E-state index in [0.29, 0.717) is 5.02 Å². The summed E-state index contributed by atoms with van der Waals surface area (Å²) in [6, 6.07) is 14.1. The summed E-state index contributed by atoms with van der Waals surface area (Å²) >= 11 is 9.67. The Morgan fingerprint density at radius 2 is 2.00 bits per heavy atom. The molecule has 0 unspecified atom stereocenters. The highest BCUT2D eigenvalue weighted by Gasteiger charge is 2.08. The first-order chi connectivity index (χ1) is 10.7. The number of guanidine groups is 1. The zero-order valence-electron chi connectivity index (χ0n) is 11.9. The van der Waals surface area contributed by atoms with E-state index in [0.717, 1.165) is 41.4 Å². The number of nitrogens with zero attached hydrogens (tertiary/aromatic N) is 1. The van der Waals surface area contributed by atoms with E-state index < -0.39 is 0 Å². The van der Waals surface area contributed by atoms with Crippen molar-refractivity contribution in [1.82, 2.24) is 5.32 Å². The van der Waals surface area contributed by atoms with Gasteiger partial charge < -0.3 is 16.0 Å². The van der Waals surface area contributed by atoms with E-state index in [2.05, 4.69) is 49.0 Å². The van der Waals surface area contributed by atoms with E-state index in [4.69, 9.17) is 11.6 Å². The van der Waals surface area contributed by atoms with Gasteiger partial charge in [-0.1, -0.05) is 39.7 Å². The van der Waals surface area contributed by atoms with Gasteiger partial charge in [0.2, 0.25) is 0 Å². The highest BCUT2D eigenvalue weighted by Crippen LogP contribution is 2.26. The second-order valence-electron chi connectivity index (χ2n) is 4.96. The van der Waals surface area contributed by atoms with E-state index in [-0.39, 0.29) is 0 Å². The minimum atomic E-state index is 0.672. The minimum absolute atomic E-state index is 0.672. The molecule has 2 aromatic rings. The van der Waals surface area contributed by atoms with Crippen molar-refractivity contribution in [3.05, 3.63) is 57.5 Å². The highest BCUT2D eigenvalue weighted by atomic mass is 79.9. The molecule has 22 heavy (non-hydrogen) atoms. The van der Waals surface area contributed by atoms with Gasteiger partial charge in [-0.05, 0) is 35.9 Å². The van der Waals surface area contributed by atoms with Crippen LogP contribution in [0.15, 0.2) is 51.9 Å². The molecule has 0 saturated carbocycles. The number of rotatable bonds is 4. The standard InChI is InChI=1S/C16H16BrClN4/c17-12-3-1-11(2-4-12)10-21-13-5-6-14(18)15(9-13)22-16-19-7-8-20-16/h1-6,9,21H,7-8,10H2,(H2,19,20,22). The summed E-state index contributed by atoms with van der Waals surface area (Å²) < 4.78 is 1.08. The summed E-state index contributed by atoms with van der Waals surface area (Å²) in [5, 5.41) is 10.5. The summed E-state index contributed by atoms with van der Waals surface area (Å²) in [6.07, 6.45) is 0. The summed E-state index contributed by atoms with van der Waals surface area (Å²) in [5.41, 5.74) is 3.07. The number of benzene rings is 2. The maximum Gasteiger partial charge on any atom is 0.195 e. The van der Waals surface area contributed by atoms with Gasteiger partial charge in [-0.15, -0.1) is 0 Å². The highest BCUT2D eigenvalue weighted by molar-refractivity contribution is 9.10. The van der Waals surface area contributed by atoms with Crippen LogP contribution in [0, 0.1) is 0 Å². The Balaban J connectivity index is 1.67. The van der Waals surface area contributed by atoms with Crippen LogP contribution in [0.2, 0.25) is 5.02 Å². The van der Waals surface area contributed by atoms with Gasteiger partial charge in [-0.2, -0.15) is 0 Å². The van der Waals surface area contributed by atoms with Crippen molar-refractivity contribution in [2.24, 2.45) is 4.99 Å². The van der Waals surface area contributed by atoms with Crippen molar-refractivity contribution >= 4 is 44.9 Å². The molecule has 0 bridgehead atoms. The Labute approximate surface area is 143 Å². The lowest BCUT2D eigenvalue weighted by Gasteiger charge is -2.12. The van der Waals surface area contributed by atoms with Crippen molar-refractivity contribution in [3.63, 3.8) is 0 Å². The smallest absolute Gasteiger partial charge is 0.195 e. The first kappa shape index (κ1) is 15.2. The third-order valence-corrected chi connectivity index (χ3v) is 4.16. The van der Waals surface area contributed by atoms with Gasteiger partial charge in [0.1, 0.15) is 0 Å². The number of aliphatic imine (C=N–C) groups is 1. The van der Waals surface area contributed by atoms with Gasteiger partial charge in [0, 0.05) is 23.2 Å². The van der Waals surface area contributed by atoms with E-state index >= 15 is 0 Å². The Morgan fingerprint density at radius 3 is 2.73 bits per heavy atom. The van der Waals surface area contributed by atoms with E-state index in [1.54, 1.807) is 0 Å². The van der Waals surface area contributed by atoms with E-state index in [1.165, 1.54) is 5.56 Å². The largest absolute Gasteiger partial charge is 0.381 e. The molecule has 0 atom stereocenters. The summed E-state index contributed by atoms with van der Waals surface area (Å²) in [4.78, 5) is 4.31. The molecule has 114 valence electrons. The molecule has 0 amide bonds. The van der Waals surface area contributed by atoms with E-state index in [9.17, 15) is 0 Å². The molecule has 0 aliphatic carbocycles. The fourth-order valence-corrected chi connectivity index (χ4v) is 2.58. The van der Waals surface area contributed by atoms with Crippen molar-refractivity contribution in [3.8, 4) is 0 Å². The van der Waals surface area contributed by atoms with Crippen LogP contribution < -0.4 is 16.0 Å². The third kappa shape index (κ3) is 3.93. The van der Waals surface area contributed by atoms with Crippen molar-refractivity contribution in [1.29, 1.82) is 0 Å².